The van der Waals surface area contributed by atoms with Gasteiger partial charge in [-0.05, 0) is 31.0 Å². The van der Waals surface area contributed by atoms with Gasteiger partial charge in [0.25, 0.3) is 0 Å². The number of hydrogen-bond donors (Lipinski definition) is 1. The van der Waals surface area contributed by atoms with E-state index in [1.165, 1.54) is 19.1 Å². The van der Waals surface area contributed by atoms with E-state index in [0.717, 1.165) is 21.7 Å². The molecule has 2 aromatic rings. The summed E-state index contributed by atoms with van der Waals surface area (Å²) in [5.74, 6) is -0.313. The second-order valence-electron chi connectivity index (χ2n) is 7.52. The first-order valence-corrected chi connectivity index (χ1v) is 12.1. The van der Waals surface area contributed by atoms with Gasteiger partial charge in [-0.3, -0.25) is 13.9 Å². The Morgan fingerprint density at radius 1 is 1.12 bits per heavy atom. The lowest BCUT2D eigenvalue weighted by molar-refractivity contribution is -0.140. The van der Waals surface area contributed by atoms with Gasteiger partial charge in [0.1, 0.15) is 18.3 Å². The zero-order chi connectivity index (χ0) is 23.9. The number of carbonyl (C=O) groups excluding carboxylic acids is 2. The third-order valence-corrected chi connectivity index (χ3v) is 6.27. The third-order valence-electron chi connectivity index (χ3n) is 5.13. The molecule has 0 aliphatic rings. The van der Waals surface area contributed by atoms with E-state index in [0.29, 0.717) is 17.9 Å². The molecule has 0 heterocycles. The van der Waals surface area contributed by atoms with Crippen molar-refractivity contribution in [2.45, 2.75) is 32.9 Å². The Morgan fingerprint density at radius 2 is 1.78 bits per heavy atom. The lowest BCUT2D eigenvalue weighted by Gasteiger charge is -2.32. The summed E-state index contributed by atoms with van der Waals surface area (Å²) in [5.41, 5.74) is 2.23. The SMILES string of the molecule is CC[C@@H](C(=O)NC)N(Cc1ccc(C)cc1)C(=O)CN(c1cccc(OC)c1)S(C)(=O)=O. The van der Waals surface area contributed by atoms with Crippen LogP contribution >= 0.6 is 0 Å². The minimum absolute atomic E-state index is 0.181. The number of carbonyl (C=O) groups is 2. The van der Waals surface area contributed by atoms with Gasteiger partial charge in [-0.2, -0.15) is 0 Å². The molecule has 0 bridgehead atoms. The van der Waals surface area contributed by atoms with Crippen LogP contribution < -0.4 is 14.4 Å². The molecule has 9 heteroatoms. The second kappa shape index (κ2) is 11.0. The van der Waals surface area contributed by atoms with Crippen LogP contribution in [0.3, 0.4) is 0 Å². The first-order chi connectivity index (χ1) is 15.1. The number of likely N-dealkylation sites (N-methyl/N-ethyl adjacent to an activating group) is 1. The highest BCUT2D eigenvalue weighted by Crippen LogP contribution is 2.24. The van der Waals surface area contributed by atoms with Gasteiger partial charge in [0.2, 0.25) is 21.8 Å². The maximum absolute atomic E-state index is 13.4. The van der Waals surface area contributed by atoms with Crippen molar-refractivity contribution < 1.29 is 22.7 Å². The first kappa shape index (κ1) is 25.2. The van der Waals surface area contributed by atoms with E-state index in [2.05, 4.69) is 5.32 Å². The fourth-order valence-electron chi connectivity index (χ4n) is 3.36. The van der Waals surface area contributed by atoms with E-state index < -0.39 is 28.5 Å². The smallest absolute Gasteiger partial charge is 0.244 e. The maximum atomic E-state index is 13.4. The summed E-state index contributed by atoms with van der Waals surface area (Å²) in [5, 5.41) is 2.60. The standard InChI is InChI=1S/C23H31N3O5S/c1-6-21(23(28)24-3)25(15-18-12-10-17(2)11-13-18)22(27)16-26(32(5,29)30)19-8-7-9-20(14-19)31-4/h7-14,21H,6,15-16H2,1-5H3,(H,24,28)/t21-/m0/s1. The van der Waals surface area contributed by atoms with Crippen LogP contribution in [0.15, 0.2) is 48.5 Å². The number of anilines is 1. The summed E-state index contributed by atoms with van der Waals surface area (Å²) < 4.78 is 31.3. The van der Waals surface area contributed by atoms with Crippen molar-refractivity contribution >= 4 is 27.5 Å². The molecule has 174 valence electrons. The number of nitrogens with one attached hydrogen (secondary N) is 1. The Balaban J connectivity index is 2.42. The molecule has 1 atom stereocenters. The predicted molar refractivity (Wildman–Crippen MR) is 125 cm³/mol. The van der Waals surface area contributed by atoms with Crippen LogP contribution in [-0.4, -0.2) is 58.1 Å². The Kier molecular flexibility index (Phi) is 8.65. The zero-order valence-electron chi connectivity index (χ0n) is 19.2. The number of benzene rings is 2. The fourth-order valence-corrected chi connectivity index (χ4v) is 4.20. The number of ether oxygens (including phenoxy) is 1. The number of sulfonamides is 1. The van der Waals surface area contributed by atoms with Crippen molar-refractivity contribution in [1.82, 2.24) is 10.2 Å². The highest BCUT2D eigenvalue weighted by molar-refractivity contribution is 7.92. The highest BCUT2D eigenvalue weighted by atomic mass is 32.2. The lowest BCUT2D eigenvalue weighted by atomic mass is 10.1. The number of rotatable bonds is 10. The molecule has 0 aliphatic heterocycles. The number of amides is 2. The van der Waals surface area contributed by atoms with Gasteiger partial charge in [-0.1, -0.05) is 42.8 Å². The Bertz CT molecular complexity index is 1040. The van der Waals surface area contributed by atoms with Crippen LogP contribution in [0.1, 0.15) is 24.5 Å². The summed E-state index contributed by atoms with van der Waals surface area (Å²) in [4.78, 5) is 27.4. The molecule has 1 N–H and O–H groups in total. The quantitative estimate of drug-likeness (QED) is 0.586. The van der Waals surface area contributed by atoms with Crippen LogP contribution in [0.25, 0.3) is 0 Å². The molecule has 0 unspecified atom stereocenters. The van der Waals surface area contributed by atoms with Crippen molar-refractivity contribution in [2.24, 2.45) is 0 Å². The summed E-state index contributed by atoms with van der Waals surface area (Å²) in [6.45, 7) is 3.52. The van der Waals surface area contributed by atoms with E-state index in [-0.39, 0.29) is 12.5 Å². The van der Waals surface area contributed by atoms with Crippen LogP contribution in [0.4, 0.5) is 5.69 Å². The Hall–Kier alpha value is -3.07. The van der Waals surface area contributed by atoms with Gasteiger partial charge in [-0.15, -0.1) is 0 Å². The van der Waals surface area contributed by atoms with E-state index in [1.54, 1.807) is 24.3 Å². The predicted octanol–water partition coefficient (Wildman–Crippen LogP) is 2.32. The first-order valence-electron chi connectivity index (χ1n) is 10.3. The van der Waals surface area contributed by atoms with Gasteiger partial charge < -0.3 is 15.0 Å². The van der Waals surface area contributed by atoms with Crippen molar-refractivity contribution in [3.8, 4) is 5.75 Å². The molecule has 0 fully saturated rings. The lowest BCUT2D eigenvalue weighted by Crippen LogP contribution is -2.51. The van der Waals surface area contributed by atoms with Gasteiger partial charge in [0, 0.05) is 19.7 Å². The number of hydrogen-bond acceptors (Lipinski definition) is 5. The molecular weight excluding hydrogens is 430 g/mol. The largest absolute Gasteiger partial charge is 0.497 e. The van der Waals surface area contributed by atoms with Gasteiger partial charge in [-0.25, -0.2) is 8.42 Å². The van der Waals surface area contributed by atoms with Crippen LogP contribution in [0.5, 0.6) is 5.75 Å². The minimum Gasteiger partial charge on any atom is -0.497 e. The second-order valence-corrected chi connectivity index (χ2v) is 9.42. The van der Waals surface area contributed by atoms with Gasteiger partial charge in [0.05, 0.1) is 19.1 Å². The molecule has 0 spiro atoms. The molecule has 32 heavy (non-hydrogen) atoms. The summed E-state index contributed by atoms with van der Waals surface area (Å²) in [6, 6.07) is 13.4. The Labute approximate surface area is 190 Å². The number of aryl methyl sites for hydroxylation is 1. The van der Waals surface area contributed by atoms with Gasteiger partial charge >= 0.3 is 0 Å². The number of nitrogens with zero attached hydrogens (tertiary/aromatic N) is 2. The molecule has 0 radical (unpaired) electrons. The molecule has 0 saturated carbocycles. The van der Waals surface area contributed by atoms with E-state index in [9.17, 15) is 18.0 Å². The molecule has 0 aromatic heterocycles. The summed E-state index contributed by atoms with van der Waals surface area (Å²) in [6.07, 6.45) is 1.43. The monoisotopic (exact) mass is 461 g/mol. The van der Waals surface area contributed by atoms with Crippen molar-refractivity contribution in [3.63, 3.8) is 0 Å². The van der Waals surface area contributed by atoms with Crippen LogP contribution in [0, 0.1) is 6.92 Å². The van der Waals surface area contributed by atoms with Crippen molar-refractivity contribution in [3.05, 3.63) is 59.7 Å². The molecular formula is C23H31N3O5S. The van der Waals surface area contributed by atoms with Crippen molar-refractivity contribution in [1.29, 1.82) is 0 Å². The molecule has 2 amide bonds. The van der Waals surface area contributed by atoms with Crippen LogP contribution in [-0.2, 0) is 26.2 Å². The normalized spacial score (nSPS) is 12.0. The van der Waals surface area contributed by atoms with Crippen molar-refractivity contribution in [2.75, 3.05) is 31.3 Å². The molecule has 0 aliphatic carbocycles. The summed E-state index contributed by atoms with van der Waals surface area (Å²) in [7, 11) is -0.786. The molecule has 0 saturated heterocycles. The fraction of sp³-hybridized carbons (Fsp3) is 0.391. The zero-order valence-corrected chi connectivity index (χ0v) is 20.0. The van der Waals surface area contributed by atoms with E-state index >= 15 is 0 Å². The average molecular weight is 462 g/mol. The third kappa shape index (κ3) is 6.46. The van der Waals surface area contributed by atoms with Gasteiger partial charge in [0.15, 0.2) is 0 Å². The number of methoxy groups -OCH3 is 1. The van der Waals surface area contributed by atoms with E-state index in [4.69, 9.17) is 4.74 Å². The van der Waals surface area contributed by atoms with E-state index in [1.807, 2.05) is 38.1 Å². The molecule has 2 rings (SSSR count). The summed E-state index contributed by atoms with van der Waals surface area (Å²) >= 11 is 0. The highest BCUT2D eigenvalue weighted by Gasteiger charge is 2.31. The maximum Gasteiger partial charge on any atom is 0.244 e. The Morgan fingerprint density at radius 3 is 2.31 bits per heavy atom. The minimum atomic E-state index is -3.78. The molecule has 8 nitrogen and oxygen atoms in total. The van der Waals surface area contributed by atoms with Crippen LogP contribution in [0.2, 0.25) is 0 Å². The average Bonchev–Trinajstić information content (AvgIpc) is 2.77. The molecule has 2 aromatic carbocycles. The topological polar surface area (TPSA) is 96.0 Å².